The molecule has 2 aromatic carbocycles. The Balaban J connectivity index is 2.16. The van der Waals surface area contributed by atoms with Crippen LogP contribution in [-0.2, 0) is 0 Å². The number of halogens is 1. The first-order valence-electron chi connectivity index (χ1n) is 6.64. The number of rotatable bonds is 3. The monoisotopic (exact) mass is 384 g/mol. The van der Waals surface area contributed by atoms with Crippen LogP contribution in [0, 0.1) is 3.57 Å². The number of hydrogen-bond donors (Lipinski definition) is 0. The number of aliphatic imine (C=N–C) groups is 1. The first-order valence-corrected chi connectivity index (χ1v) is 7.72. The zero-order valence-electron chi connectivity index (χ0n) is 11.3. The van der Waals surface area contributed by atoms with Crippen LogP contribution in [0.4, 0.5) is 5.82 Å². The second-order valence-electron chi connectivity index (χ2n) is 4.50. The van der Waals surface area contributed by atoms with Crippen molar-refractivity contribution in [1.82, 2.24) is 4.98 Å². The molecule has 0 amide bonds. The van der Waals surface area contributed by atoms with E-state index < -0.39 is 0 Å². The van der Waals surface area contributed by atoms with E-state index >= 15 is 0 Å². The zero-order chi connectivity index (χ0) is 14.5. The maximum atomic E-state index is 4.80. The molecule has 3 heteroatoms. The quantitative estimate of drug-likeness (QED) is 0.468. The van der Waals surface area contributed by atoms with Crippen LogP contribution in [-0.4, -0.2) is 10.7 Å². The van der Waals surface area contributed by atoms with Gasteiger partial charge in [0.1, 0.15) is 0 Å². The molecule has 0 saturated carbocycles. The summed E-state index contributed by atoms with van der Waals surface area (Å²) in [6.45, 7) is 0. The molecule has 1 heterocycles. The number of aromatic nitrogens is 1. The third-order valence-electron chi connectivity index (χ3n) is 3.05. The summed E-state index contributed by atoms with van der Waals surface area (Å²) in [5, 5.41) is 0. The van der Waals surface area contributed by atoms with Crippen molar-refractivity contribution < 1.29 is 0 Å². The van der Waals surface area contributed by atoms with E-state index in [1.54, 1.807) is 6.20 Å². The van der Waals surface area contributed by atoms with Gasteiger partial charge in [-0.3, -0.25) is 0 Å². The number of benzene rings is 2. The summed E-state index contributed by atoms with van der Waals surface area (Å²) in [6.07, 6.45) is 1.77. The lowest BCUT2D eigenvalue weighted by Crippen LogP contribution is -2.03. The Morgan fingerprint density at radius 3 is 1.86 bits per heavy atom. The lowest BCUT2D eigenvalue weighted by atomic mass is 10.0. The molecule has 3 aromatic rings. The first-order chi connectivity index (χ1) is 10.3. The van der Waals surface area contributed by atoms with E-state index in [1.165, 1.54) is 0 Å². The molecule has 21 heavy (non-hydrogen) atoms. The van der Waals surface area contributed by atoms with Crippen molar-refractivity contribution in [2.45, 2.75) is 0 Å². The normalized spacial score (nSPS) is 10.1. The molecule has 0 fully saturated rings. The summed E-state index contributed by atoms with van der Waals surface area (Å²) < 4.78 is 1.04. The predicted octanol–water partition coefficient (Wildman–Crippen LogP) is 4.86. The Labute approximate surface area is 137 Å². The summed E-state index contributed by atoms with van der Waals surface area (Å²) in [6, 6.07) is 24.3. The Morgan fingerprint density at radius 1 is 0.762 bits per heavy atom. The van der Waals surface area contributed by atoms with Crippen LogP contribution in [0.2, 0.25) is 0 Å². The lowest BCUT2D eigenvalue weighted by molar-refractivity contribution is 1.25. The summed E-state index contributed by atoms with van der Waals surface area (Å²) in [7, 11) is 0. The van der Waals surface area contributed by atoms with Gasteiger partial charge in [0.2, 0.25) is 0 Å². The molecule has 1 aromatic heterocycles. The molecule has 0 unspecified atom stereocenters. The van der Waals surface area contributed by atoms with Gasteiger partial charge >= 0.3 is 0 Å². The summed E-state index contributed by atoms with van der Waals surface area (Å²) in [5.41, 5.74) is 3.11. The molecular weight excluding hydrogens is 371 g/mol. The molecule has 3 rings (SSSR count). The van der Waals surface area contributed by atoms with Gasteiger partial charge < -0.3 is 0 Å². The van der Waals surface area contributed by atoms with E-state index in [9.17, 15) is 0 Å². The minimum Gasteiger partial charge on any atom is -0.236 e. The van der Waals surface area contributed by atoms with Gasteiger partial charge in [0.25, 0.3) is 0 Å². The molecular formula is C18H13IN2. The van der Waals surface area contributed by atoms with Gasteiger partial charge in [-0.05, 0) is 34.7 Å². The number of pyridine rings is 1. The summed E-state index contributed by atoms with van der Waals surface area (Å²) in [5.74, 6) is 0.751. The van der Waals surface area contributed by atoms with Crippen molar-refractivity contribution in [2.75, 3.05) is 0 Å². The summed E-state index contributed by atoms with van der Waals surface area (Å²) >= 11 is 2.26. The van der Waals surface area contributed by atoms with Crippen LogP contribution < -0.4 is 0 Å². The Hall–Kier alpha value is -2.01. The SMILES string of the molecule is Ic1cccnc1N=C(c1ccccc1)c1ccccc1. The third-order valence-corrected chi connectivity index (χ3v) is 3.89. The molecule has 0 atom stereocenters. The topological polar surface area (TPSA) is 25.2 Å². The second kappa shape index (κ2) is 6.63. The molecule has 0 bridgehead atoms. The maximum Gasteiger partial charge on any atom is 0.165 e. The highest BCUT2D eigenvalue weighted by Gasteiger charge is 2.08. The highest BCUT2D eigenvalue weighted by atomic mass is 127. The minimum atomic E-state index is 0.751. The van der Waals surface area contributed by atoms with Crippen LogP contribution in [0.3, 0.4) is 0 Å². The van der Waals surface area contributed by atoms with E-state index in [1.807, 2.05) is 48.5 Å². The maximum absolute atomic E-state index is 4.80. The Bertz CT molecular complexity index is 711. The minimum absolute atomic E-state index is 0.751. The van der Waals surface area contributed by atoms with Crippen LogP contribution >= 0.6 is 22.6 Å². The van der Waals surface area contributed by atoms with Crippen LogP contribution in [0.15, 0.2) is 84.0 Å². The smallest absolute Gasteiger partial charge is 0.165 e. The van der Waals surface area contributed by atoms with E-state index in [0.29, 0.717) is 0 Å². The van der Waals surface area contributed by atoms with Crippen molar-refractivity contribution in [1.29, 1.82) is 0 Å². The average Bonchev–Trinajstić information content (AvgIpc) is 2.56. The van der Waals surface area contributed by atoms with E-state index in [4.69, 9.17) is 4.99 Å². The van der Waals surface area contributed by atoms with E-state index in [0.717, 1.165) is 26.2 Å². The van der Waals surface area contributed by atoms with Crippen molar-refractivity contribution in [2.24, 2.45) is 4.99 Å². The fourth-order valence-electron chi connectivity index (χ4n) is 2.05. The molecule has 0 aliphatic carbocycles. The molecule has 0 aliphatic rings. The van der Waals surface area contributed by atoms with Gasteiger partial charge in [-0.25, -0.2) is 9.98 Å². The first kappa shape index (κ1) is 13.9. The van der Waals surface area contributed by atoms with Gasteiger partial charge in [-0.2, -0.15) is 0 Å². The van der Waals surface area contributed by atoms with Crippen molar-refractivity contribution in [3.05, 3.63) is 93.7 Å². The van der Waals surface area contributed by atoms with Crippen LogP contribution in [0.1, 0.15) is 11.1 Å². The van der Waals surface area contributed by atoms with Gasteiger partial charge in [0.15, 0.2) is 5.82 Å². The lowest BCUT2D eigenvalue weighted by Gasteiger charge is -2.07. The fraction of sp³-hybridized carbons (Fsp3) is 0. The largest absolute Gasteiger partial charge is 0.236 e. The molecule has 0 N–H and O–H groups in total. The van der Waals surface area contributed by atoms with Crippen LogP contribution in [0.25, 0.3) is 0 Å². The zero-order valence-corrected chi connectivity index (χ0v) is 13.4. The molecule has 2 nitrogen and oxygen atoms in total. The summed E-state index contributed by atoms with van der Waals surface area (Å²) in [4.78, 5) is 9.17. The van der Waals surface area contributed by atoms with Gasteiger partial charge in [0, 0.05) is 17.3 Å². The fourth-order valence-corrected chi connectivity index (χ4v) is 2.52. The van der Waals surface area contributed by atoms with Gasteiger partial charge in [-0.1, -0.05) is 60.7 Å². The Kier molecular flexibility index (Phi) is 4.40. The predicted molar refractivity (Wildman–Crippen MR) is 95.1 cm³/mol. The van der Waals surface area contributed by atoms with Crippen molar-refractivity contribution in [3.63, 3.8) is 0 Å². The molecule has 0 radical (unpaired) electrons. The third kappa shape index (κ3) is 3.36. The molecule has 0 aliphatic heterocycles. The standard InChI is InChI=1S/C18H13IN2/c19-16-12-7-13-20-18(16)21-17(14-8-3-1-4-9-14)15-10-5-2-6-11-15/h1-13H. The number of hydrogen-bond acceptors (Lipinski definition) is 2. The van der Waals surface area contributed by atoms with Crippen molar-refractivity contribution >= 4 is 34.1 Å². The van der Waals surface area contributed by atoms with Gasteiger partial charge in [0.05, 0.1) is 9.28 Å². The van der Waals surface area contributed by atoms with E-state index in [2.05, 4.69) is 51.8 Å². The average molecular weight is 384 g/mol. The molecule has 102 valence electrons. The van der Waals surface area contributed by atoms with Crippen LogP contribution in [0.5, 0.6) is 0 Å². The van der Waals surface area contributed by atoms with E-state index in [-0.39, 0.29) is 0 Å². The molecule has 0 spiro atoms. The highest BCUT2D eigenvalue weighted by molar-refractivity contribution is 14.1. The number of nitrogens with zero attached hydrogens (tertiary/aromatic N) is 2. The van der Waals surface area contributed by atoms with Gasteiger partial charge in [-0.15, -0.1) is 0 Å². The van der Waals surface area contributed by atoms with Crippen molar-refractivity contribution in [3.8, 4) is 0 Å². The highest BCUT2D eigenvalue weighted by Crippen LogP contribution is 2.21. The molecule has 0 saturated heterocycles. The Morgan fingerprint density at radius 2 is 1.33 bits per heavy atom. The second-order valence-corrected chi connectivity index (χ2v) is 5.66.